The quantitative estimate of drug-likeness (QED) is 0.279. The SMILES string of the molecule is C=CCNC(=NC)NCCC(=O)N1CCN(c2ncccn2)CC1.I. The summed E-state index contributed by atoms with van der Waals surface area (Å²) in [7, 11) is 1.70. The predicted molar refractivity (Wildman–Crippen MR) is 110 cm³/mol. The van der Waals surface area contributed by atoms with Crippen LogP contribution in [-0.2, 0) is 4.79 Å². The third-order valence-electron chi connectivity index (χ3n) is 3.74. The van der Waals surface area contributed by atoms with E-state index in [9.17, 15) is 4.79 Å². The molecule has 1 aliphatic rings. The largest absolute Gasteiger partial charge is 0.356 e. The van der Waals surface area contributed by atoms with Gasteiger partial charge in [0.1, 0.15) is 0 Å². The number of rotatable bonds is 6. The van der Waals surface area contributed by atoms with E-state index >= 15 is 0 Å². The minimum Gasteiger partial charge on any atom is -0.356 e. The molecular formula is C16H26IN7O. The summed E-state index contributed by atoms with van der Waals surface area (Å²) >= 11 is 0. The first-order chi connectivity index (χ1) is 11.7. The smallest absolute Gasteiger partial charge is 0.225 e. The molecule has 2 heterocycles. The Morgan fingerprint density at radius 1 is 1.28 bits per heavy atom. The van der Waals surface area contributed by atoms with Crippen LogP contribution >= 0.6 is 24.0 Å². The van der Waals surface area contributed by atoms with Crippen molar-refractivity contribution in [2.45, 2.75) is 6.42 Å². The number of piperazine rings is 1. The molecule has 1 saturated heterocycles. The number of nitrogens with one attached hydrogen (secondary N) is 2. The van der Waals surface area contributed by atoms with Gasteiger partial charge in [-0.1, -0.05) is 6.08 Å². The number of hydrogen-bond acceptors (Lipinski definition) is 5. The lowest BCUT2D eigenvalue weighted by Crippen LogP contribution is -2.50. The lowest BCUT2D eigenvalue weighted by molar-refractivity contribution is -0.131. The lowest BCUT2D eigenvalue weighted by Gasteiger charge is -2.34. The van der Waals surface area contributed by atoms with Gasteiger partial charge in [0, 0.05) is 65.1 Å². The average molecular weight is 459 g/mol. The number of carbonyl (C=O) groups is 1. The molecule has 1 aliphatic heterocycles. The van der Waals surface area contributed by atoms with Gasteiger partial charge in [-0.25, -0.2) is 9.97 Å². The average Bonchev–Trinajstić information content (AvgIpc) is 2.65. The molecule has 8 nitrogen and oxygen atoms in total. The summed E-state index contributed by atoms with van der Waals surface area (Å²) in [6.07, 6.45) is 5.67. The Morgan fingerprint density at radius 3 is 2.56 bits per heavy atom. The van der Waals surface area contributed by atoms with E-state index in [2.05, 4.69) is 37.1 Å². The minimum absolute atomic E-state index is 0. The Balaban J connectivity index is 0.00000312. The summed E-state index contributed by atoms with van der Waals surface area (Å²) in [5, 5.41) is 6.19. The number of amides is 1. The zero-order valence-electron chi connectivity index (χ0n) is 14.5. The summed E-state index contributed by atoms with van der Waals surface area (Å²) in [5.41, 5.74) is 0. The normalized spacial score (nSPS) is 14.5. The van der Waals surface area contributed by atoms with Gasteiger partial charge in [0.05, 0.1) is 0 Å². The molecule has 1 aromatic heterocycles. The fourth-order valence-corrected chi connectivity index (χ4v) is 2.45. The Hall–Kier alpha value is -1.91. The van der Waals surface area contributed by atoms with Gasteiger partial charge in [0.15, 0.2) is 5.96 Å². The van der Waals surface area contributed by atoms with Gasteiger partial charge in [0.2, 0.25) is 11.9 Å². The molecule has 0 bridgehead atoms. The molecule has 0 aromatic carbocycles. The van der Waals surface area contributed by atoms with Crippen molar-refractivity contribution in [2.24, 2.45) is 4.99 Å². The van der Waals surface area contributed by atoms with Gasteiger partial charge in [-0.15, -0.1) is 30.6 Å². The van der Waals surface area contributed by atoms with Crippen LogP contribution in [-0.4, -0.2) is 73.1 Å². The van der Waals surface area contributed by atoms with Crippen molar-refractivity contribution in [3.8, 4) is 0 Å². The Bertz CT molecular complexity index is 559. The van der Waals surface area contributed by atoms with Gasteiger partial charge in [-0.2, -0.15) is 0 Å². The first-order valence-corrected chi connectivity index (χ1v) is 8.09. The highest BCUT2D eigenvalue weighted by Gasteiger charge is 2.21. The topological polar surface area (TPSA) is 85.8 Å². The van der Waals surface area contributed by atoms with Crippen LogP contribution in [0.3, 0.4) is 0 Å². The molecular weight excluding hydrogens is 433 g/mol. The third kappa shape index (κ3) is 6.85. The zero-order valence-corrected chi connectivity index (χ0v) is 16.8. The molecule has 9 heteroatoms. The monoisotopic (exact) mass is 459 g/mol. The van der Waals surface area contributed by atoms with Crippen molar-refractivity contribution in [3.05, 3.63) is 31.1 Å². The van der Waals surface area contributed by atoms with Gasteiger partial charge in [-0.3, -0.25) is 9.79 Å². The number of hydrogen-bond donors (Lipinski definition) is 2. The minimum atomic E-state index is 0. The maximum Gasteiger partial charge on any atom is 0.225 e. The molecule has 0 spiro atoms. The van der Waals surface area contributed by atoms with E-state index in [0.29, 0.717) is 38.6 Å². The second-order valence-electron chi connectivity index (χ2n) is 5.34. The van der Waals surface area contributed by atoms with Crippen LogP contribution in [0.1, 0.15) is 6.42 Å². The molecule has 138 valence electrons. The first kappa shape index (κ1) is 21.1. The van der Waals surface area contributed by atoms with Crippen LogP contribution in [0.25, 0.3) is 0 Å². The number of guanidine groups is 1. The fourth-order valence-electron chi connectivity index (χ4n) is 2.45. The molecule has 1 amide bonds. The van der Waals surface area contributed by atoms with Crippen LogP contribution in [0.5, 0.6) is 0 Å². The van der Waals surface area contributed by atoms with Crippen molar-refractivity contribution in [1.82, 2.24) is 25.5 Å². The molecule has 1 fully saturated rings. The van der Waals surface area contributed by atoms with Crippen LogP contribution in [0.2, 0.25) is 0 Å². The Morgan fingerprint density at radius 2 is 1.96 bits per heavy atom. The Kier molecular flexibility index (Phi) is 9.81. The van der Waals surface area contributed by atoms with Gasteiger partial charge in [-0.05, 0) is 6.07 Å². The zero-order chi connectivity index (χ0) is 17.2. The van der Waals surface area contributed by atoms with E-state index in [1.54, 1.807) is 31.6 Å². The fraction of sp³-hybridized carbons (Fsp3) is 0.500. The van der Waals surface area contributed by atoms with E-state index < -0.39 is 0 Å². The van der Waals surface area contributed by atoms with E-state index in [0.717, 1.165) is 19.0 Å². The number of anilines is 1. The number of nitrogens with zero attached hydrogens (tertiary/aromatic N) is 5. The molecule has 2 rings (SSSR count). The van der Waals surface area contributed by atoms with Crippen LogP contribution in [0.15, 0.2) is 36.1 Å². The van der Waals surface area contributed by atoms with Crippen molar-refractivity contribution in [3.63, 3.8) is 0 Å². The van der Waals surface area contributed by atoms with E-state index in [1.807, 2.05) is 4.90 Å². The van der Waals surface area contributed by atoms with Crippen molar-refractivity contribution >= 4 is 41.8 Å². The highest BCUT2D eigenvalue weighted by atomic mass is 127. The first-order valence-electron chi connectivity index (χ1n) is 8.09. The number of halogens is 1. The summed E-state index contributed by atoms with van der Waals surface area (Å²) < 4.78 is 0. The third-order valence-corrected chi connectivity index (χ3v) is 3.74. The van der Waals surface area contributed by atoms with Crippen molar-refractivity contribution in [1.29, 1.82) is 0 Å². The van der Waals surface area contributed by atoms with Gasteiger partial charge >= 0.3 is 0 Å². The molecule has 1 aromatic rings. The van der Waals surface area contributed by atoms with E-state index in [1.165, 1.54) is 0 Å². The van der Waals surface area contributed by atoms with E-state index in [-0.39, 0.29) is 29.9 Å². The molecule has 0 unspecified atom stereocenters. The summed E-state index contributed by atoms with van der Waals surface area (Å²) in [6.45, 7) is 7.74. The van der Waals surface area contributed by atoms with Crippen LogP contribution in [0.4, 0.5) is 5.95 Å². The summed E-state index contributed by atoms with van der Waals surface area (Å²) in [5.74, 6) is 1.55. The highest BCUT2D eigenvalue weighted by molar-refractivity contribution is 14.0. The molecule has 25 heavy (non-hydrogen) atoms. The van der Waals surface area contributed by atoms with Crippen LogP contribution in [0, 0.1) is 0 Å². The maximum absolute atomic E-state index is 12.3. The second-order valence-corrected chi connectivity index (χ2v) is 5.34. The van der Waals surface area contributed by atoms with Crippen molar-refractivity contribution < 1.29 is 4.79 Å². The van der Waals surface area contributed by atoms with Gasteiger partial charge < -0.3 is 20.4 Å². The highest BCUT2D eigenvalue weighted by Crippen LogP contribution is 2.10. The molecule has 0 saturated carbocycles. The Labute approximate surface area is 165 Å². The molecule has 0 aliphatic carbocycles. The molecule has 0 atom stereocenters. The number of aliphatic imine (C=N–C) groups is 1. The lowest BCUT2D eigenvalue weighted by atomic mass is 10.3. The standard InChI is InChI=1S/C16H25N7O.HI/c1-3-6-18-15(17-2)19-9-5-14(24)22-10-12-23(13-11-22)16-20-7-4-8-21-16;/h3-4,7-8H,1,5-6,9-13H2,2H3,(H2,17,18,19);1H. The number of aromatic nitrogens is 2. The van der Waals surface area contributed by atoms with Crippen molar-refractivity contribution in [2.75, 3.05) is 51.2 Å². The molecule has 2 N–H and O–H groups in total. The molecule has 0 radical (unpaired) electrons. The summed E-state index contributed by atoms with van der Waals surface area (Å²) in [4.78, 5) is 28.9. The van der Waals surface area contributed by atoms with E-state index in [4.69, 9.17) is 0 Å². The van der Waals surface area contributed by atoms with Gasteiger partial charge in [0.25, 0.3) is 0 Å². The maximum atomic E-state index is 12.3. The predicted octanol–water partition coefficient (Wildman–Crippen LogP) is 0.484. The number of carbonyl (C=O) groups excluding carboxylic acids is 1. The second kappa shape index (κ2) is 11.6. The van der Waals surface area contributed by atoms with Crippen LogP contribution < -0.4 is 15.5 Å². The summed E-state index contributed by atoms with van der Waals surface area (Å²) in [6, 6.07) is 1.80.